The fraction of sp³-hybridized carbons (Fsp3) is 0. The van der Waals surface area contributed by atoms with Crippen LogP contribution in [0.1, 0.15) is 0 Å². The van der Waals surface area contributed by atoms with Gasteiger partial charge in [0.05, 0.1) is 0 Å². The predicted molar refractivity (Wildman–Crippen MR) is 3.25 cm³/mol. The summed E-state index contributed by atoms with van der Waals surface area (Å²) in [5, 5.41) is 52.5. The second-order valence-electron chi connectivity index (χ2n) is 0.204. The molecule has 0 saturated carbocycles. The molecule has 0 amide bonds. The van der Waals surface area contributed by atoms with Gasteiger partial charge < -0.3 is 46.7 Å². The van der Waals surface area contributed by atoms with Gasteiger partial charge in [-0.05, 0) is 0 Å². The van der Waals surface area contributed by atoms with Crippen molar-refractivity contribution in [3.8, 4) is 0 Å². The summed E-state index contributed by atoms with van der Waals surface area (Å²) in [4.78, 5) is 0. The molecule has 0 rings (SSSR count). The molecular formula is La2O9. The van der Waals surface area contributed by atoms with Crippen LogP contribution in [0.2, 0.25) is 0 Å². The van der Waals surface area contributed by atoms with E-state index in [4.69, 9.17) is 31.5 Å². The van der Waals surface area contributed by atoms with Crippen molar-refractivity contribution >= 4 is 0 Å². The minimum Gasteiger partial charge on any atom is -0.734 e. The van der Waals surface area contributed by atoms with Gasteiger partial charge in [-0.25, -0.2) is 0 Å². The summed E-state index contributed by atoms with van der Waals surface area (Å²) in [7, 11) is 0. The molecule has 0 atom stereocenters. The zero-order chi connectivity index (χ0) is 8.12. The molecule has 0 aromatic rings. The van der Waals surface area contributed by atoms with Gasteiger partial charge >= 0.3 is 71.2 Å². The summed E-state index contributed by atoms with van der Waals surface area (Å²) < 4.78 is 0. The molecule has 0 aliphatic heterocycles. The number of hydrogen-bond acceptors (Lipinski definition) is 9. The molecule has 0 saturated heterocycles. The van der Waals surface area contributed by atoms with E-state index in [1.165, 1.54) is 0 Å². The normalized spacial score (nSPS) is 4.91. The zero-order valence-electron chi connectivity index (χ0n) is 4.83. The Bertz CT molecular complexity index is 12.3. The van der Waals surface area contributed by atoms with E-state index >= 15 is 0 Å². The van der Waals surface area contributed by atoms with Gasteiger partial charge in [-0.1, -0.05) is 0 Å². The predicted octanol–water partition coefficient (Wildman–Crippen LogP) is -7.34. The van der Waals surface area contributed by atoms with Crippen LogP contribution in [0.3, 0.4) is 0 Å². The quantitative estimate of drug-likeness (QED) is 0.272. The monoisotopic (exact) mass is 422 g/mol. The van der Waals surface area contributed by atoms with Crippen LogP contribution < -0.4 is 31.5 Å². The third kappa shape index (κ3) is 294. The Labute approximate surface area is 116 Å². The van der Waals surface area contributed by atoms with E-state index in [1.54, 1.807) is 15.1 Å². The molecule has 0 N–H and O–H groups in total. The first-order chi connectivity index (χ1) is 4.24. The molecule has 0 aromatic carbocycles. The molecule has 0 aromatic heterocycles. The van der Waals surface area contributed by atoms with Gasteiger partial charge in [-0.3, -0.25) is 0 Å². The maximum absolute atomic E-state index is 7.88. The van der Waals surface area contributed by atoms with E-state index in [9.17, 15) is 0 Å². The van der Waals surface area contributed by atoms with E-state index in [0.29, 0.717) is 0 Å². The molecule has 0 aliphatic carbocycles. The van der Waals surface area contributed by atoms with Crippen LogP contribution in [-0.4, -0.2) is 0 Å². The summed E-state index contributed by atoms with van der Waals surface area (Å²) in [5.74, 6) is 0. The standard InChI is InChI=1S/2La.3H2O3/c;;3*1-3-2/h;;3*1-2H/q2*+3;;;/p-6. The topological polar surface area (TPSA) is 166 Å². The van der Waals surface area contributed by atoms with Crippen LogP contribution >= 0.6 is 0 Å². The van der Waals surface area contributed by atoms with Crippen molar-refractivity contribution in [3.05, 3.63) is 0 Å². The Morgan fingerprint density at radius 2 is 0.455 bits per heavy atom. The van der Waals surface area contributed by atoms with Gasteiger partial charge in [0, 0.05) is 0 Å². The average molecular weight is 422 g/mol. The van der Waals surface area contributed by atoms with Gasteiger partial charge in [0.1, 0.15) is 0 Å². The Kier molecular flexibility index (Phi) is 154. The molecule has 0 bridgehead atoms. The Balaban J connectivity index is -0.0000000150. The first kappa shape index (κ1) is 29.2. The van der Waals surface area contributed by atoms with Crippen molar-refractivity contribution in [1.82, 2.24) is 0 Å². The summed E-state index contributed by atoms with van der Waals surface area (Å²) in [5.41, 5.74) is 0. The van der Waals surface area contributed by atoms with Crippen molar-refractivity contribution < 1.29 is 118 Å². The Morgan fingerprint density at radius 1 is 0.455 bits per heavy atom. The maximum atomic E-state index is 7.88. The first-order valence-corrected chi connectivity index (χ1v) is 1.00. The smallest absolute Gasteiger partial charge is 0.734 e. The molecule has 11 heavy (non-hydrogen) atoms. The largest absolute Gasteiger partial charge is 3.00 e. The van der Waals surface area contributed by atoms with Crippen LogP contribution in [0, 0.1) is 71.2 Å². The molecule has 0 radical (unpaired) electrons. The van der Waals surface area contributed by atoms with E-state index in [2.05, 4.69) is 0 Å². The molecule has 0 heterocycles. The van der Waals surface area contributed by atoms with Crippen molar-refractivity contribution in [1.29, 1.82) is 0 Å². The second-order valence-corrected chi connectivity index (χ2v) is 0.204. The molecule has 0 spiro atoms. The minimum absolute atomic E-state index is 0. The molecule has 0 fully saturated rings. The third-order valence-corrected chi connectivity index (χ3v) is 0. The minimum atomic E-state index is 0. The average Bonchev–Trinajstić information content (AvgIpc) is 1.70. The summed E-state index contributed by atoms with van der Waals surface area (Å²) in [6.07, 6.45) is 0. The van der Waals surface area contributed by atoms with Crippen LogP contribution in [0.4, 0.5) is 0 Å². The fourth-order valence-electron chi connectivity index (χ4n) is 0. The molecule has 0 unspecified atom stereocenters. The van der Waals surface area contributed by atoms with Gasteiger partial charge in [0.2, 0.25) is 0 Å². The summed E-state index contributed by atoms with van der Waals surface area (Å²) in [6, 6.07) is 0. The van der Waals surface area contributed by atoms with Gasteiger partial charge in [0.15, 0.2) is 0 Å². The van der Waals surface area contributed by atoms with Crippen molar-refractivity contribution in [3.63, 3.8) is 0 Å². The second kappa shape index (κ2) is 57.8. The van der Waals surface area contributed by atoms with Crippen LogP contribution in [0.5, 0.6) is 0 Å². The first-order valence-electron chi connectivity index (χ1n) is 1.00. The molecule has 9 nitrogen and oxygen atoms in total. The van der Waals surface area contributed by atoms with Crippen LogP contribution in [0.15, 0.2) is 0 Å². The maximum Gasteiger partial charge on any atom is 3.00 e. The van der Waals surface area contributed by atoms with E-state index < -0.39 is 0 Å². The summed E-state index contributed by atoms with van der Waals surface area (Å²) in [6.45, 7) is 0. The molecule has 0 aliphatic rings. The van der Waals surface area contributed by atoms with Crippen molar-refractivity contribution in [2.75, 3.05) is 0 Å². The molecule has 11 heteroatoms. The third-order valence-electron chi connectivity index (χ3n) is 0. The Morgan fingerprint density at radius 3 is 0.455 bits per heavy atom. The number of rotatable bonds is 0. The number of hydrogen-bond donors (Lipinski definition) is 0. The molecule has 60 valence electrons. The van der Waals surface area contributed by atoms with Crippen LogP contribution in [0.25, 0.3) is 0 Å². The van der Waals surface area contributed by atoms with Gasteiger partial charge in [-0.15, -0.1) is 0 Å². The van der Waals surface area contributed by atoms with Crippen LogP contribution in [-0.2, 0) is 15.1 Å². The van der Waals surface area contributed by atoms with Gasteiger partial charge in [-0.2, -0.15) is 0 Å². The van der Waals surface area contributed by atoms with E-state index in [1.807, 2.05) is 0 Å². The van der Waals surface area contributed by atoms with Crippen molar-refractivity contribution in [2.24, 2.45) is 0 Å². The van der Waals surface area contributed by atoms with Gasteiger partial charge in [0.25, 0.3) is 0 Å². The van der Waals surface area contributed by atoms with E-state index in [0.717, 1.165) is 0 Å². The fourth-order valence-corrected chi connectivity index (χ4v) is 0. The zero-order valence-corrected chi connectivity index (χ0v) is 12.1. The summed E-state index contributed by atoms with van der Waals surface area (Å²) >= 11 is 0. The van der Waals surface area contributed by atoms with Crippen molar-refractivity contribution in [2.45, 2.75) is 0 Å². The van der Waals surface area contributed by atoms with E-state index in [-0.39, 0.29) is 71.2 Å². The SMILES string of the molecule is [La+3].[La+3].[O-]O[O-].[O-]O[O-].[O-]O[O-]. The Hall–Kier alpha value is 2.03. The molecular weight excluding hydrogens is 422 g/mol.